The number of hydrogen-bond acceptors (Lipinski definition) is 5. The van der Waals surface area contributed by atoms with Gasteiger partial charge in [-0.15, -0.1) is 0 Å². The summed E-state index contributed by atoms with van der Waals surface area (Å²) in [7, 11) is 0. The summed E-state index contributed by atoms with van der Waals surface area (Å²) in [5, 5.41) is 14.1. The first-order chi connectivity index (χ1) is 8.50. The van der Waals surface area contributed by atoms with Crippen LogP contribution in [0.5, 0.6) is 0 Å². The molecule has 0 unspecified atom stereocenters. The van der Waals surface area contributed by atoms with Crippen molar-refractivity contribution in [3.05, 3.63) is 21.6 Å². The lowest BCUT2D eigenvalue weighted by Gasteiger charge is -2.34. The van der Waals surface area contributed by atoms with Crippen LogP contribution in [0.3, 0.4) is 0 Å². The van der Waals surface area contributed by atoms with E-state index in [1.165, 1.54) is 6.42 Å². The molecule has 0 spiro atoms. The van der Waals surface area contributed by atoms with Crippen molar-refractivity contribution >= 4 is 23.1 Å². The number of nitrogens with one attached hydrogen (secondary N) is 1. The van der Waals surface area contributed by atoms with Gasteiger partial charge in [0.2, 0.25) is 11.1 Å². The van der Waals surface area contributed by atoms with Crippen molar-refractivity contribution in [2.75, 3.05) is 5.32 Å². The van der Waals surface area contributed by atoms with Crippen molar-refractivity contribution in [1.82, 2.24) is 9.97 Å². The molecule has 0 atom stereocenters. The summed E-state index contributed by atoms with van der Waals surface area (Å²) in [5.41, 5.74) is -0.285. The highest BCUT2D eigenvalue weighted by atomic mass is 35.5. The molecule has 7 heteroatoms. The fourth-order valence-electron chi connectivity index (χ4n) is 2.32. The lowest BCUT2D eigenvalue weighted by molar-refractivity contribution is -0.384. The minimum absolute atomic E-state index is 0.0162. The van der Waals surface area contributed by atoms with E-state index in [9.17, 15) is 10.1 Å². The lowest BCUT2D eigenvalue weighted by Crippen LogP contribution is -2.37. The summed E-state index contributed by atoms with van der Waals surface area (Å²) in [5.74, 6) is 0.212. The topological polar surface area (TPSA) is 81.0 Å². The predicted molar refractivity (Wildman–Crippen MR) is 68.8 cm³/mol. The number of anilines is 1. The van der Waals surface area contributed by atoms with Crippen molar-refractivity contribution in [1.29, 1.82) is 0 Å². The Labute approximate surface area is 110 Å². The average Bonchev–Trinajstić information content (AvgIpc) is 2.28. The maximum Gasteiger partial charge on any atom is 0.329 e. The number of halogens is 1. The molecule has 2 rings (SSSR count). The van der Waals surface area contributed by atoms with E-state index in [0.717, 1.165) is 31.9 Å². The molecule has 6 nitrogen and oxygen atoms in total. The van der Waals surface area contributed by atoms with Gasteiger partial charge < -0.3 is 5.32 Å². The Hall–Kier alpha value is -1.43. The van der Waals surface area contributed by atoms with Crippen LogP contribution in [0.25, 0.3) is 0 Å². The fourth-order valence-corrected chi connectivity index (χ4v) is 2.46. The third-order valence-electron chi connectivity index (χ3n) is 3.31. The van der Waals surface area contributed by atoms with Gasteiger partial charge in [-0.3, -0.25) is 10.1 Å². The maximum absolute atomic E-state index is 10.9. The molecular weight excluding hydrogens is 256 g/mol. The summed E-state index contributed by atoms with van der Waals surface area (Å²) in [4.78, 5) is 18.0. The van der Waals surface area contributed by atoms with E-state index < -0.39 is 4.92 Å². The lowest BCUT2D eigenvalue weighted by atomic mass is 9.83. The van der Waals surface area contributed by atoms with Gasteiger partial charge in [-0.1, -0.05) is 19.3 Å². The van der Waals surface area contributed by atoms with Gasteiger partial charge in [-0.25, -0.2) is 4.98 Å². The molecule has 1 aromatic rings. The molecule has 1 N–H and O–H groups in total. The fraction of sp³-hybridized carbons (Fsp3) is 0.636. The van der Waals surface area contributed by atoms with Gasteiger partial charge in [0.05, 0.1) is 4.92 Å². The molecule has 1 aromatic heterocycles. The van der Waals surface area contributed by atoms with Crippen molar-refractivity contribution in [2.45, 2.75) is 44.6 Å². The third-order valence-corrected chi connectivity index (χ3v) is 3.50. The van der Waals surface area contributed by atoms with Crippen LogP contribution in [0.1, 0.15) is 39.0 Å². The van der Waals surface area contributed by atoms with E-state index in [0.29, 0.717) is 0 Å². The molecule has 0 radical (unpaired) electrons. The van der Waals surface area contributed by atoms with Crippen molar-refractivity contribution in [3.8, 4) is 0 Å². The van der Waals surface area contributed by atoms with E-state index in [2.05, 4.69) is 22.2 Å². The Morgan fingerprint density at radius 1 is 1.44 bits per heavy atom. The van der Waals surface area contributed by atoms with Crippen LogP contribution in [0.15, 0.2) is 6.20 Å². The van der Waals surface area contributed by atoms with Crippen LogP contribution < -0.4 is 5.32 Å². The van der Waals surface area contributed by atoms with Gasteiger partial charge in [-0.2, -0.15) is 4.98 Å². The zero-order valence-electron chi connectivity index (χ0n) is 10.1. The maximum atomic E-state index is 10.9. The van der Waals surface area contributed by atoms with Crippen LogP contribution >= 0.6 is 11.6 Å². The second-order valence-corrected chi connectivity index (χ2v) is 5.21. The van der Waals surface area contributed by atoms with E-state index >= 15 is 0 Å². The van der Waals surface area contributed by atoms with Gasteiger partial charge in [-0.05, 0) is 31.4 Å². The van der Waals surface area contributed by atoms with Crippen molar-refractivity contribution in [3.63, 3.8) is 0 Å². The van der Waals surface area contributed by atoms with Crippen molar-refractivity contribution < 1.29 is 4.92 Å². The van der Waals surface area contributed by atoms with Crippen LogP contribution in [-0.2, 0) is 0 Å². The summed E-state index contributed by atoms with van der Waals surface area (Å²) in [6.07, 6.45) is 6.55. The zero-order valence-corrected chi connectivity index (χ0v) is 10.9. The summed E-state index contributed by atoms with van der Waals surface area (Å²) in [6.45, 7) is 2.06. The molecular formula is C11H15ClN4O2. The number of aromatic nitrogens is 2. The van der Waals surface area contributed by atoms with Crippen LogP contribution in [0.2, 0.25) is 5.28 Å². The van der Waals surface area contributed by atoms with E-state index in [1.807, 2.05) is 0 Å². The second kappa shape index (κ2) is 5.06. The molecule has 0 bridgehead atoms. The summed E-state index contributed by atoms with van der Waals surface area (Å²) >= 11 is 5.70. The minimum Gasteiger partial charge on any atom is -0.359 e. The Morgan fingerprint density at radius 3 is 2.72 bits per heavy atom. The second-order valence-electron chi connectivity index (χ2n) is 4.88. The summed E-state index contributed by atoms with van der Waals surface area (Å²) in [6, 6.07) is 0. The van der Waals surface area contributed by atoms with Gasteiger partial charge in [0.15, 0.2) is 0 Å². The molecule has 0 saturated heterocycles. The molecule has 0 amide bonds. The standard InChI is InChI=1S/C11H15ClN4O2/c1-11(5-3-2-4-6-11)15-9-8(16(17)18)7-13-10(12)14-9/h7H,2-6H2,1H3,(H,13,14,15). The van der Waals surface area contributed by atoms with E-state index in [1.54, 1.807) is 0 Å². The largest absolute Gasteiger partial charge is 0.359 e. The first-order valence-electron chi connectivity index (χ1n) is 5.95. The van der Waals surface area contributed by atoms with E-state index in [4.69, 9.17) is 11.6 Å². The number of rotatable bonds is 3. The zero-order chi connectivity index (χ0) is 13.2. The quantitative estimate of drug-likeness (QED) is 0.518. The molecule has 0 aromatic carbocycles. The normalized spacial score (nSPS) is 18.3. The summed E-state index contributed by atoms with van der Waals surface area (Å²) < 4.78 is 0. The minimum atomic E-state index is -0.495. The smallest absolute Gasteiger partial charge is 0.329 e. The van der Waals surface area contributed by atoms with Crippen LogP contribution in [-0.4, -0.2) is 20.4 Å². The van der Waals surface area contributed by atoms with Gasteiger partial charge >= 0.3 is 5.69 Å². The molecule has 1 fully saturated rings. The molecule has 18 heavy (non-hydrogen) atoms. The van der Waals surface area contributed by atoms with Crippen LogP contribution in [0.4, 0.5) is 11.5 Å². The highest BCUT2D eigenvalue weighted by molar-refractivity contribution is 6.28. The first-order valence-corrected chi connectivity index (χ1v) is 6.33. The Bertz CT molecular complexity index is 460. The first kappa shape index (κ1) is 13.0. The number of hydrogen-bond donors (Lipinski definition) is 1. The highest BCUT2D eigenvalue weighted by Gasteiger charge is 2.30. The average molecular weight is 271 g/mol. The monoisotopic (exact) mass is 270 g/mol. The Morgan fingerprint density at radius 2 is 2.11 bits per heavy atom. The van der Waals surface area contributed by atoms with Gasteiger partial charge in [0, 0.05) is 5.54 Å². The Kier molecular flexibility index (Phi) is 3.65. The molecule has 98 valence electrons. The molecule has 0 aliphatic heterocycles. The SMILES string of the molecule is CC1(Nc2nc(Cl)ncc2[N+](=O)[O-])CCCCC1. The predicted octanol–water partition coefficient (Wildman–Crippen LogP) is 3.17. The number of nitrogens with zero attached hydrogens (tertiary/aromatic N) is 3. The number of nitro groups is 1. The third kappa shape index (κ3) is 2.87. The van der Waals surface area contributed by atoms with E-state index in [-0.39, 0.29) is 22.3 Å². The van der Waals surface area contributed by atoms with Crippen LogP contribution in [0, 0.1) is 10.1 Å². The Balaban J connectivity index is 2.26. The molecule has 1 aliphatic carbocycles. The highest BCUT2D eigenvalue weighted by Crippen LogP contribution is 2.33. The molecule has 1 heterocycles. The van der Waals surface area contributed by atoms with Gasteiger partial charge in [0.1, 0.15) is 6.20 Å². The van der Waals surface area contributed by atoms with Gasteiger partial charge in [0.25, 0.3) is 0 Å². The van der Waals surface area contributed by atoms with Crippen molar-refractivity contribution in [2.24, 2.45) is 0 Å². The molecule has 1 aliphatic rings. The molecule has 1 saturated carbocycles.